The molecule has 0 bridgehead atoms. The zero-order valence-corrected chi connectivity index (χ0v) is 13.4. The lowest BCUT2D eigenvalue weighted by atomic mass is 9.87. The van der Waals surface area contributed by atoms with Crippen molar-refractivity contribution in [3.8, 4) is 0 Å². The SMILES string of the molecule is CC(=O)Nc1ccc2c(c1)CCN(C(=O)O)CC2CC(C)C. The first-order chi connectivity index (χ1) is 10.4. The first-order valence-corrected chi connectivity index (χ1v) is 7.75. The summed E-state index contributed by atoms with van der Waals surface area (Å²) in [5, 5.41) is 12.1. The van der Waals surface area contributed by atoms with Crippen molar-refractivity contribution in [2.45, 2.75) is 39.5 Å². The number of fused-ring (bicyclic) bond motifs is 1. The first kappa shape index (κ1) is 16.3. The van der Waals surface area contributed by atoms with Crippen molar-refractivity contribution < 1.29 is 14.7 Å². The van der Waals surface area contributed by atoms with E-state index in [1.165, 1.54) is 17.4 Å². The van der Waals surface area contributed by atoms with Crippen LogP contribution in [-0.2, 0) is 11.2 Å². The van der Waals surface area contributed by atoms with Gasteiger partial charge in [0, 0.05) is 31.6 Å². The Bertz CT molecular complexity index is 569. The van der Waals surface area contributed by atoms with E-state index in [0.717, 1.165) is 17.7 Å². The summed E-state index contributed by atoms with van der Waals surface area (Å²) >= 11 is 0. The standard InChI is InChI=1S/C17H24N2O3/c1-11(2)8-14-10-19(17(21)22)7-6-13-9-15(18-12(3)20)4-5-16(13)14/h4-5,9,11,14H,6-8,10H2,1-3H3,(H,18,20)(H,21,22). The van der Waals surface area contributed by atoms with Gasteiger partial charge < -0.3 is 15.3 Å². The second-order valence-corrected chi connectivity index (χ2v) is 6.40. The molecule has 2 amide bonds. The topological polar surface area (TPSA) is 69.6 Å². The number of carbonyl (C=O) groups excluding carboxylic acids is 1. The van der Waals surface area contributed by atoms with E-state index in [1.54, 1.807) is 0 Å². The van der Waals surface area contributed by atoms with E-state index < -0.39 is 6.09 Å². The van der Waals surface area contributed by atoms with Crippen LogP contribution in [0.15, 0.2) is 18.2 Å². The summed E-state index contributed by atoms with van der Waals surface area (Å²) in [4.78, 5) is 24.1. The Morgan fingerprint density at radius 1 is 1.41 bits per heavy atom. The normalized spacial score (nSPS) is 17.8. The number of hydrogen-bond donors (Lipinski definition) is 2. The minimum atomic E-state index is -0.858. The fourth-order valence-corrected chi connectivity index (χ4v) is 3.16. The average molecular weight is 304 g/mol. The molecule has 1 aliphatic rings. The van der Waals surface area contributed by atoms with Gasteiger partial charge in [-0.15, -0.1) is 0 Å². The number of nitrogens with zero attached hydrogens (tertiary/aromatic N) is 1. The highest BCUT2D eigenvalue weighted by atomic mass is 16.4. The van der Waals surface area contributed by atoms with Gasteiger partial charge in [-0.2, -0.15) is 0 Å². The molecule has 0 aliphatic carbocycles. The number of amides is 2. The molecular weight excluding hydrogens is 280 g/mol. The summed E-state index contributed by atoms with van der Waals surface area (Å²) in [5.41, 5.74) is 3.13. The van der Waals surface area contributed by atoms with E-state index in [9.17, 15) is 14.7 Å². The Balaban J connectivity index is 2.33. The van der Waals surface area contributed by atoms with Crippen LogP contribution in [0, 0.1) is 5.92 Å². The predicted molar refractivity (Wildman–Crippen MR) is 86.2 cm³/mol. The molecule has 1 aliphatic heterocycles. The minimum absolute atomic E-state index is 0.0977. The maximum Gasteiger partial charge on any atom is 0.407 e. The summed E-state index contributed by atoms with van der Waals surface area (Å²) in [6.07, 6.45) is 0.781. The van der Waals surface area contributed by atoms with E-state index in [0.29, 0.717) is 25.4 Å². The average Bonchev–Trinajstić information content (AvgIpc) is 2.57. The molecule has 0 radical (unpaired) electrons. The van der Waals surface area contributed by atoms with Gasteiger partial charge >= 0.3 is 6.09 Å². The number of carboxylic acid groups (broad SMARTS) is 1. The highest BCUT2D eigenvalue weighted by molar-refractivity contribution is 5.88. The van der Waals surface area contributed by atoms with Crippen molar-refractivity contribution in [2.75, 3.05) is 18.4 Å². The molecular formula is C17H24N2O3. The molecule has 0 aromatic heterocycles. The molecule has 1 aromatic rings. The van der Waals surface area contributed by atoms with Gasteiger partial charge in [-0.05, 0) is 42.0 Å². The first-order valence-electron chi connectivity index (χ1n) is 7.75. The molecule has 2 N–H and O–H groups in total. The fraction of sp³-hybridized carbons (Fsp3) is 0.529. The molecule has 1 unspecified atom stereocenters. The monoisotopic (exact) mass is 304 g/mol. The maximum atomic E-state index is 11.4. The number of nitrogens with one attached hydrogen (secondary N) is 1. The lowest BCUT2D eigenvalue weighted by Gasteiger charge is -2.24. The Labute approximate surface area is 131 Å². The van der Waals surface area contributed by atoms with Crippen molar-refractivity contribution in [1.82, 2.24) is 4.90 Å². The van der Waals surface area contributed by atoms with Gasteiger partial charge in [0.2, 0.25) is 5.91 Å². The summed E-state index contributed by atoms with van der Waals surface area (Å²) in [6.45, 7) is 6.84. The summed E-state index contributed by atoms with van der Waals surface area (Å²) < 4.78 is 0. The van der Waals surface area contributed by atoms with E-state index in [1.807, 2.05) is 18.2 Å². The van der Waals surface area contributed by atoms with Crippen LogP contribution in [0.2, 0.25) is 0 Å². The molecule has 22 heavy (non-hydrogen) atoms. The van der Waals surface area contributed by atoms with Crippen molar-refractivity contribution in [3.63, 3.8) is 0 Å². The van der Waals surface area contributed by atoms with Gasteiger partial charge in [0.1, 0.15) is 0 Å². The molecule has 1 atom stereocenters. The number of benzene rings is 1. The number of anilines is 1. The van der Waals surface area contributed by atoms with E-state index in [4.69, 9.17) is 0 Å². The molecule has 0 fully saturated rings. The molecule has 5 heteroatoms. The van der Waals surface area contributed by atoms with Crippen LogP contribution in [0.3, 0.4) is 0 Å². The second kappa shape index (κ2) is 6.81. The molecule has 0 saturated heterocycles. The molecule has 1 heterocycles. The third kappa shape index (κ3) is 4.00. The fourth-order valence-electron chi connectivity index (χ4n) is 3.16. The van der Waals surface area contributed by atoms with Crippen LogP contribution in [0.25, 0.3) is 0 Å². The molecule has 0 spiro atoms. The van der Waals surface area contributed by atoms with Crippen molar-refractivity contribution in [3.05, 3.63) is 29.3 Å². The second-order valence-electron chi connectivity index (χ2n) is 6.40. The van der Waals surface area contributed by atoms with Crippen LogP contribution in [0.1, 0.15) is 44.2 Å². The van der Waals surface area contributed by atoms with Crippen molar-refractivity contribution in [2.24, 2.45) is 5.92 Å². The van der Waals surface area contributed by atoms with Crippen molar-refractivity contribution in [1.29, 1.82) is 0 Å². The Morgan fingerprint density at radius 2 is 2.14 bits per heavy atom. The highest BCUT2D eigenvalue weighted by Gasteiger charge is 2.26. The van der Waals surface area contributed by atoms with Gasteiger partial charge in [-0.3, -0.25) is 4.79 Å². The van der Waals surface area contributed by atoms with Gasteiger partial charge in [0.05, 0.1) is 0 Å². The molecule has 1 aromatic carbocycles. The number of rotatable bonds is 3. The number of carbonyl (C=O) groups is 2. The highest BCUT2D eigenvalue weighted by Crippen LogP contribution is 2.32. The van der Waals surface area contributed by atoms with Crippen molar-refractivity contribution >= 4 is 17.7 Å². The molecule has 120 valence electrons. The van der Waals surface area contributed by atoms with E-state index in [-0.39, 0.29) is 11.8 Å². The van der Waals surface area contributed by atoms with E-state index >= 15 is 0 Å². The molecule has 5 nitrogen and oxygen atoms in total. The van der Waals surface area contributed by atoms with Crippen LogP contribution in [0.4, 0.5) is 10.5 Å². The third-order valence-electron chi connectivity index (χ3n) is 4.02. The van der Waals surface area contributed by atoms with Gasteiger partial charge in [0.15, 0.2) is 0 Å². The zero-order chi connectivity index (χ0) is 16.3. The van der Waals surface area contributed by atoms with E-state index in [2.05, 4.69) is 19.2 Å². The minimum Gasteiger partial charge on any atom is -0.465 e. The van der Waals surface area contributed by atoms with Crippen LogP contribution in [-0.4, -0.2) is 35.1 Å². The summed E-state index contributed by atoms with van der Waals surface area (Å²) in [6, 6.07) is 5.93. The Kier molecular flexibility index (Phi) is 5.06. The van der Waals surface area contributed by atoms with Crippen LogP contribution >= 0.6 is 0 Å². The molecule has 2 rings (SSSR count). The number of hydrogen-bond acceptors (Lipinski definition) is 2. The quantitative estimate of drug-likeness (QED) is 0.900. The third-order valence-corrected chi connectivity index (χ3v) is 4.02. The van der Waals surface area contributed by atoms with Gasteiger partial charge in [-0.1, -0.05) is 19.9 Å². The maximum absolute atomic E-state index is 11.4. The largest absolute Gasteiger partial charge is 0.465 e. The smallest absolute Gasteiger partial charge is 0.407 e. The lowest BCUT2D eigenvalue weighted by molar-refractivity contribution is -0.114. The van der Waals surface area contributed by atoms with Gasteiger partial charge in [0.25, 0.3) is 0 Å². The van der Waals surface area contributed by atoms with Gasteiger partial charge in [-0.25, -0.2) is 4.79 Å². The zero-order valence-electron chi connectivity index (χ0n) is 13.4. The predicted octanol–water partition coefficient (Wildman–Crippen LogP) is 3.31. The molecule has 0 saturated carbocycles. The Hall–Kier alpha value is -2.04. The summed E-state index contributed by atoms with van der Waals surface area (Å²) in [7, 11) is 0. The van der Waals surface area contributed by atoms with Crippen LogP contribution < -0.4 is 5.32 Å². The van der Waals surface area contributed by atoms with Crippen LogP contribution in [0.5, 0.6) is 0 Å². The lowest BCUT2D eigenvalue weighted by Crippen LogP contribution is -2.33. The Morgan fingerprint density at radius 3 is 2.73 bits per heavy atom. The summed E-state index contributed by atoms with van der Waals surface area (Å²) in [5.74, 6) is 0.612.